The second kappa shape index (κ2) is 9.05. The molecule has 0 fully saturated rings. The summed E-state index contributed by atoms with van der Waals surface area (Å²) in [6.07, 6.45) is 1.75. The SMILES string of the molecule is S=c1cc(OCC#CCOc2ccccc2)c2cccnc2n1-c1ccccc1. The lowest BCUT2D eigenvalue weighted by Crippen LogP contribution is -2.04. The van der Waals surface area contributed by atoms with Crippen molar-refractivity contribution in [3.8, 4) is 29.0 Å². The van der Waals surface area contributed by atoms with Crippen molar-refractivity contribution in [2.24, 2.45) is 0 Å². The minimum absolute atomic E-state index is 0.242. The van der Waals surface area contributed by atoms with E-state index in [1.54, 1.807) is 6.20 Å². The molecule has 4 rings (SSSR count). The number of ether oxygens (including phenoxy) is 2. The maximum Gasteiger partial charge on any atom is 0.149 e. The highest BCUT2D eigenvalue weighted by atomic mass is 32.1. The minimum Gasteiger partial charge on any atom is -0.481 e. The van der Waals surface area contributed by atoms with E-state index in [4.69, 9.17) is 21.7 Å². The third kappa shape index (κ3) is 4.45. The van der Waals surface area contributed by atoms with Crippen LogP contribution >= 0.6 is 12.2 Å². The molecule has 0 spiro atoms. The van der Waals surface area contributed by atoms with Crippen LogP contribution in [-0.4, -0.2) is 22.8 Å². The van der Waals surface area contributed by atoms with Crippen molar-refractivity contribution in [2.45, 2.75) is 0 Å². The number of rotatable bonds is 5. The Balaban J connectivity index is 1.52. The van der Waals surface area contributed by atoms with Crippen LogP contribution in [0.1, 0.15) is 0 Å². The third-order valence-corrected chi connectivity index (χ3v) is 4.53. The summed E-state index contributed by atoms with van der Waals surface area (Å²) in [7, 11) is 0. The highest BCUT2D eigenvalue weighted by Gasteiger charge is 2.10. The summed E-state index contributed by atoms with van der Waals surface area (Å²) in [6.45, 7) is 0.553. The first-order valence-electron chi connectivity index (χ1n) is 9.15. The molecule has 4 nitrogen and oxygen atoms in total. The van der Waals surface area contributed by atoms with E-state index in [2.05, 4.69) is 16.8 Å². The van der Waals surface area contributed by atoms with Crippen LogP contribution in [0.25, 0.3) is 16.7 Å². The Morgan fingerprint density at radius 2 is 1.52 bits per heavy atom. The molecule has 2 heterocycles. The first kappa shape index (κ1) is 18.7. The zero-order valence-electron chi connectivity index (χ0n) is 15.6. The number of pyridine rings is 2. The monoisotopic (exact) mass is 398 g/mol. The minimum atomic E-state index is 0.242. The van der Waals surface area contributed by atoms with Crippen LogP contribution in [0.15, 0.2) is 85.1 Å². The van der Waals surface area contributed by atoms with Gasteiger partial charge in [0, 0.05) is 18.0 Å². The van der Waals surface area contributed by atoms with Crippen LogP contribution in [0.5, 0.6) is 11.5 Å². The molecule has 4 aromatic rings. The zero-order chi connectivity index (χ0) is 19.9. The summed E-state index contributed by atoms with van der Waals surface area (Å²) < 4.78 is 14.0. The zero-order valence-corrected chi connectivity index (χ0v) is 16.4. The summed E-state index contributed by atoms with van der Waals surface area (Å²) in [6, 6.07) is 25.2. The lowest BCUT2D eigenvalue weighted by Gasteiger charge is -2.13. The molecule has 0 amide bonds. The average molecular weight is 398 g/mol. The molecule has 29 heavy (non-hydrogen) atoms. The summed E-state index contributed by atoms with van der Waals surface area (Å²) in [5, 5.41) is 0.882. The second-order valence-corrected chi connectivity index (χ2v) is 6.55. The van der Waals surface area contributed by atoms with Crippen molar-refractivity contribution in [1.82, 2.24) is 9.55 Å². The molecule has 5 heteroatoms. The predicted octanol–water partition coefficient (Wildman–Crippen LogP) is 5.22. The molecule has 2 aromatic carbocycles. The molecule has 0 saturated heterocycles. The van der Waals surface area contributed by atoms with Crippen LogP contribution < -0.4 is 9.47 Å². The Kier molecular flexibility index (Phi) is 5.84. The van der Waals surface area contributed by atoms with Gasteiger partial charge in [0.2, 0.25) is 0 Å². The molecule has 0 unspecified atom stereocenters. The number of hydrogen-bond acceptors (Lipinski definition) is 4. The number of benzene rings is 2. The Labute approximate surface area is 174 Å². The molecule has 2 aromatic heterocycles. The van der Waals surface area contributed by atoms with E-state index in [-0.39, 0.29) is 6.61 Å². The van der Waals surface area contributed by atoms with E-state index in [0.29, 0.717) is 17.0 Å². The molecule has 0 atom stereocenters. The normalized spacial score (nSPS) is 10.2. The van der Waals surface area contributed by atoms with Crippen LogP contribution in [0.4, 0.5) is 0 Å². The fraction of sp³-hybridized carbons (Fsp3) is 0.0833. The quantitative estimate of drug-likeness (QED) is 0.341. The summed E-state index contributed by atoms with van der Waals surface area (Å²) in [5.41, 5.74) is 1.71. The molecule has 142 valence electrons. The van der Waals surface area contributed by atoms with Gasteiger partial charge in [0.1, 0.15) is 35.0 Å². The Morgan fingerprint density at radius 3 is 2.28 bits per heavy atom. The maximum atomic E-state index is 5.89. The summed E-state index contributed by atoms with van der Waals surface area (Å²) in [4.78, 5) is 4.53. The van der Waals surface area contributed by atoms with Crippen LogP contribution in [0.2, 0.25) is 0 Å². The van der Waals surface area contributed by atoms with Crippen molar-refractivity contribution in [1.29, 1.82) is 0 Å². The molecule has 0 aliphatic rings. The molecule has 0 bridgehead atoms. The molecule has 0 aliphatic carbocycles. The van der Waals surface area contributed by atoms with Gasteiger partial charge in [0.05, 0.1) is 5.39 Å². The molecule has 0 saturated carbocycles. The van der Waals surface area contributed by atoms with Crippen molar-refractivity contribution in [3.05, 3.63) is 89.7 Å². The number of nitrogens with zero attached hydrogens (tertiary/aromatic N) is 2. The molecule has 0 radical (unpaired) electrons. The standard InChI is InChI=1S/C24H18N2O2S/c29-23-18-22(28-17-8-7-16-27-20-12-5-2-6-13-20)21-14-9-15-25-24(21)26(23)19-10-3-1-4-11-19/h1-6,9-15,18H,16-17H2. The van der Waals surface area contributed by atoms with E-state index in [9.17, 15) is 0 Å². The van der Waals surface area contributed by atoms with E-state index in [1.165, 1.54) is 0 Å². The lowest BCUT2D eigenvalue weighted by atomic mass is 10.2. The number of fused-ring (bicyclic) bond motifs is 1. The Bertz CT molecular complexity index is 1230. The second-order valence-electron chi connectivity index (χ2n) is 6.14. The van der Waals surface area contributed by atoms with Gasteiger partial charge in [0.25, 0.3) is 0 Å². The first-order valence-corrected chi connectivity index (χ1v) is 9.56. The fourth-order valence-corrected chi connectivity index (χ4v) is 3.22. The topological polar surface area (TPSA) is 36.3 Å². The smallest absolute Gasteiger partial charge is 0.149 e. The molecular weight excluding hydrogens is 380 g/mol. The number of para-hydroxylation sites is 2. The van der Waals surface area contributed by atoms with Gasteiger partial charge in [-0.25, -0.2) is 4.98 Å². The van der Waals surface area contributed by atoms with Crippen molar-refractivity contribution in [2.75, 3.05) is 13.2 Å². The van der Waals surface area contributed by atoms with E-state index in [0.717, 1.165) is 22.5 Å². The number of aromatic nitrogens is 2. The van der Waals surface area contributed by atoms with Crippen molar-refractivity contribution < 1.29 is 9.47 Å². The molecule has 0 N–H and O–H groups in total. The number of hydrogen-bond donors (Lipinski definition) is 0. The van der Waals surface area contributed by atoms with Crippen molar-refractivity contribution in [3.63, 3.8) is 0 Å². The first-order chi connectivity index (χ1) is 14.3. The van der Waals surface area contributed by atoms with E-state index < -0.39 is 0 Å². The van der Waals surface area contributed by atoms with Gasteiger partial charge in [-0.05, 0) is 36.4 Å². The summed E-state index contributed by atoms with van der Waals surface area (Å²) >= 11 is 5.61. The van der Waals surface area contributed by atoms with Crippen LogP contribution in [0, 0.1) is 16.5 Å². The van der Waals surface area contributed by atoms with Gasteiger partial charge in [-0.15, -0.1) is 0 Å². The Morgan fingerprint density at radius 1 is 0.828 bits per heavy atom. The van der Waals surface area contributed by atoms with Gasteiger partial charge >= 0.3 is 0 Å². The maximum absolute atomic E-state index is 5.89. The average Bonchev–Trinajstić information content (AvgIpc) is 2.77. The summed E-state index contributed by atoms with van der Waals surface area (Å²) in [5.74, 6) is 7.40. The van der Waals surface area contributed by atoms with Crippen molar-refractivity contribution >= 4 is 23.3 Å². The molecular formula is C24H18N2O2S. The van der Waals surface area contributed by atoms with Gasteiger partial charge in [0.15, 0.2) is 0 Å². The highest BCUT2D eigenvalue weighted by Crippen LogP contribution is 2.27. The highest BCUT2D eigenvalue weighted by molar-refractivity contribution is 7.71. The van der Waals surface area contributed by atoms with E-state index >= 15 is 0 Å². The van der Waals surface area contributed by atoms with Gasteiger partial charge in [-0.2, -0.15) is 0 Å². The van der Waals surface area contributed by atoms with Gasteiger partial charge in [-0.3, -0.25) is 4.57 Å². The van der Waals surface area contributed by atoms with Crippen LogP contribution in [-0.2, 0) is 0 Å². The Hall–Kier alpha value is -3.62. The van der Waals surface area contributed by atoms with Gasteiger partial charge < -0.3 is 9.47 Å². The van der Waals surface area contributed by atoms with E-state index in [1.807, 2.05) is 83.4 Å². The van der Waals surface area contributed by atoms with Crippen LogP contribution in [0.3, 0.4) is 0 Å². The largest absolute Gasteiger partial charge is 0.481 e. The predicted molar refractivity (Wildman–Crippen MR) is 117 cm³/mol. The lowest BCUT2D eigenvalue weighted by molar-refractivity contribution is 0.364. The fourth-order valence-electron chi connectivity index (χ4n) is 2.92. The molecule has 0 aliphatic heterocycles. The third-order valence-electron chi connectivity index (χ3n) is 4.23. The van der Waals surface area contributed by atoms with Gasteiger partial charge in [-0.1, -0.05) is 60.5 Å².